The Bertz CT molecular complexity index is 214. The van der Waals surface area contributed by atoms with Crippen LogP contribution in [0.25, 0.3) is 0 Å². The van der Waals surface area contributed by atoms with Crippen molar-refractivity contribution in [1.82, 2.24) is 15.1 Å². The van der Waals surface area contributed by atoms with Gasteiger partial charge in [-0.1, -0.05) is 6.92 Å². The first-order valence-corrected chi connectivity index (χ1v) is 7.46. The molecule has 0 aromatic rings. The van der Waals surface area contributed by atoms with Crippen molar-refractivity contribution in [3.8, 4) is 0 Å². The van der Waals surface area contributed by atoms with E-state index in [1.54, 1.807) is 0 Å². The van der Waals surface area contributed by atoms with Gasteiger partial charge in [0.2, 0.25) is 0 Å². The monoisotopic (exact) mass is 239 g/mol. The van der Waals surface area contributed by atoms with Gasteiger partial charge in [0.25, 0.3) is 0 Å². The molecular formula is C14H29N3. The number of piperidine rings is 1. The highest BCUT2D eigenvalue weighted by atomic mass is 15.2. The zero-order valence-electron chi connectivity index (χ0n) is 11.6. The van der Waals surface area contributed by atoms with Crippen molar-refractivity contribution < 1.29 is 0 Å². The largest absolute Gasteiger partial charge is 0.315 e. The molecule has 0 bridgehead atoms. The Morgan fingerprint density at radius 1 is 1.12 bits per heavy atom. The van der Waals surface area contributed by atoms with Gasteiger partial charge in [-0.25, -0.2) is 0 Å². The van der Waals surface area contributed by atoms with Crippen molar-refractivity contribution in [2.45, 2.75) is 51.1 Å². The fourth-order valence-corrected chi connectivity index (χ4v) is 3.49. The number of hydrogen-bond donors (Lipinski definition) is 1. The minimum absolute atomic E-state index is 0.794. The summed E-state index contributed by atoms with van der Waals surface area (Å²) in [6, 6.07) is 1.62. The van der Waals surface area contributed by atoms with E-state index in [0.29, 0.717) is 0 Å². The Morgan fingerprint density at radius 3 is 2.65 bits per heavy atom. The van der Waals surface area contributed by atoms with E-state index in [1.807, 2.05) is 0 Å². The molecule has 2 saturated heterocycles. The highest BCUT2D eigenvalue weighted by Gasteiger charge is 2.27. The molecule has 0 spiro atoms. The van der Waals surface area contributed by atoms with Gasteiger partial charge < -0.3 is 10.2 Å². The molecule has 0 amide bonds. The van der Waals surface area contributed by atoms with Gasteiger partial charge in [0.05, 0.1) is 0 Å². The summed E-state index contributed by atoms with van der Waals surface area (Å²) in [5.41, 5.74) is 0. The molecule has 3 nitrogen and oxygen atoms in total. The van der Waals surface area contributed by atoms with Crippen molar-refractivity contribution >= 4 is 0 Å². The highest BCUT2D eigenvalue weighted by molar-refractivity contribution is 4.84. The first-order chi connectivity index (χ1) is 8.31. The van der Waals surface area contributed by atoms with E-state index in [2.05, 4.69) is 29.1 Å². The molecule has 0 radical (unpaired) electrons. The number of nitrogens with one attached hydrogen (secondary N) is 1. The lowest BCUT2D eigenvalue weighted by Crippen LogP contribution is -2.50. The van der Waals surface area contributed by atoms with Crippen molar-refractivity contribution in [3.05, 3.63) is 0 Å². The number of likely N-dealkylation sites (tertiary alicyclic amines) is 1. The maximum Gasteiger partial charge on any atom is 0.0223 e. The van der Waals surface area contributed by atoms with Crippen LogP contribution in [0.3, 0.4) is 0 Å². The average molecular weight is 239 g/mol. The predicted molar refractivity (Wildman–Crippen MR) is 73.4 cm³/mol. The van der Waals surface area contributed by atoms with Crippen LogP contribution < -0.4 is 5.32 Å². The third-order valence-corrected chi connectivity index (χ3v) is 4.50. The van der Waals surface area contributed by atoms with Crippen LogP contribution in [0.5, 0.6) is 0 Å². The van der Waals surface area contributed by atoms with Crippen molar-refractivity contribution in [1.29, 1.82) is 0 Å². The maximum atomic E-state index is 3.56. The molecule has 2 fully saturated rings. The summed E-state index contributed by atoms with van der Waals surface area (Å²) in [5, 5.41) is 3.56. The maximum absolute atomic E-state index is 3.56. The van der Waals surface area contributed by atoms with Gasteiger partial charge in [0.15, 0.2) is 0 Å². The lowest BCUT2D eigenvalue weighted by Gasteiger charge is -2.39. The molecule has 0 saturated carbocycles. The summed E-state index contributed by atoms with van der Waals surface area (Å²) < 4.78 is 0. The van der Waals surface area contributed by atoms with E-state index in [-0.39, 0.29) is 0 Å². The van der Waals surface area contributed by atoms with Crippen molar-refractivity contribution in [3.63, 3.8) is 0 Å². The topological polar surface area (TPSA) is 18.5 Å². The molecule has 2 aliphatic rings. The molecule has 17 heavy (non-hydrogen) atoms. The lowest BCUT2D eigenvalue weighted by molar-refractivity contribution is 0.108. The number of likely N-dealkylation sites (N-methyl/N-ethyl adjacent to an activating group) is 1. The van der Waals surface area contributed by atoms with E-state index in [9.17, 15) is 0 Å². The van der Waals surface area contributed by atoms with Crippen LogP contribution >= 0.6 is 0 Å². The van der Waals surface area contributed by atoms with Gasteiger partial charge in [0, 0.05) is 18.6 Å². The van der Waals surface area contributed by atoms with Crippen LogP contribution in [0.15, 0.2) is 0 Å². The molecule has 2 heterocycles. The summed E-state index contributed by atoms with van der Waals surface area (Å²) in [5.74, 6) is 0. The fraction of sp³-hybridized carbons (Fsp3) is 1.00. The second-order valence-corrected chi connectivity index (χ2v) is 5.72. The van der Waals surface area contributed by atoms with Crippen LogP contribution in [-0.2, 0) is 0 Å². The van der Waals surface area contributed by atoms with Gasteiger partial charge in [-0.2, -0.15) is 0 Å². The molecule has 0 aromatic carbocycles. The number of nitrogens with zero attached hydrogens (tertiary/aromatic N) is 2. The normalized spacial score (nSPS) is 32.6. The molecule has 2 aliphatic heterocycles. The van der Waals surface area contributed by atoms with E-state index >= 15 is 0 Å². The summed E-state index contributed by atoms with van der Waals surface area (Å²) in [6.07, 6.45) is 6.88. The Hall–Kier alpha value is -0.120. The highest BCUT2D eigenvalue weighted by Crippen LogP contribution is 2.21. The molecule has 0 aromatic heterocycles. The third-order valence-electron chi connectivity index (χ3n) is 4.50. The van der Waals surface area contributed by atoms with Crippen LogP contribution in [0.1, 0.15) is 39.0 Å². The van der Waals surface area contributed by atoms with E-state index in [0.717, 1.165) is 12.1 Å². The fourth-order valence-electron chi connectivity index (χ4n) is 3.49. The molecule has 2 atom stereocenters. The smallest absolute Gasteiger partial charge is 0.0223 e. The SMILES string of the molecule is CCN(C1CCCN(C)CC1)C1CCCNC1. The molecule has 2 unspecified atom stereocenters. The van der Waals surface area contributed by atoms with Gasteiger partial charge in [-0.05, 0) is 65.3 Å². The minimum Gasteiger partial charge on any atom is -0.315 e. The summed E-state index contributed by atoms with van der Waals surface area (Å²) in [4.78, 5) is 5.28. The van der Waals surface area contributed by atoms with Gasteiger partial charge in [-0.15, -0.1) is 0 Å². The average Bonchev–Trinajstić information content (AvgIpc) is 2.57. The summed E-state index contributed by atoms with van der Waals surface area (Å²) in [6.45, 7) is 8.56. The molecule has 3 heteroatoms. The van der Waals surface area contributed by atoms with Crippen LogP contribution in [0.4, 0.5) is 0 Å². The second kappa shape index (κ2) is 6.72. The number of hydrogen-bond acceptors (Lipinski definition) is 3. The first kappa shape index (κ1) is 13.3. The first-order valence-electron chi connectivity index (χ1n) is 7.46. The van der Waals surface area contributed by atoms with E-state index in [1.165, 1.54) is 64.8 Å². The van der Waals surface area contributed by atoms with Crippen LogP contribution in [-0.4, -0.2) is 61.7 Å². The molecule has 1 N–H and O–H groups in total. The Labute approximate surface area is 107 Å². The van der Waals surface area contributed by atoms with Gasteiger partial charge in [-0.3, -0.25) is 4.90 Å². The Balaban J connectivity index is 1.91. The zero-order chi connectivity index (χ0) is 12.1. The Morgan fingerprint density at radius 2 is 1.94 bits per heavy atom. The minimum atomic E-state index is 0.794. The third kappa shape index (κ3) is 3.67. The van der Waals surface area contributed by atoms with E-state index in [4.69, 9.17) is 0 Å². The molecular weight excluding hydrogens is 210 g/mol. The zero-order valence-corrected chi connectivity index (χ0v) is 11.6. The lowest BCUT2D eigenvalue weighted by atomic mass is 10.00. The van der Waals surface area contributed by atoms with Gasteiger partial charge in [0.1, 0.15) is 0 Å². The molecule has 2 rings (SSSR count). The predicted octanol–water partition coefficient (Wildman–Crippen LogP) is 1.54. The molecule has 0 aliphatic carbocycles. The second-order valence-electron chi connectivity index (χ2n) is 5.72. The quantitative estimate of drug-likeness (QED) is 0.806. The Kier molecular flexibility index (Phi) is 5.26. The van der Waals surface area contributed by atoms with Crippen LogP contribution in [0, 0.1) is 0 Å². The standard InChI is InChI=1S/C14H29N3/c1-3-17(14-6-4-9-15-12-14)13-7-5-10-16(2)11-8-13/h13-15H,3-12H2,1-2H3. The van der Waals surface area contributed by atoms with Crippen molar-refractivity contribution in [2.75, 3.05) is 39.8 Å². The number of rotatable bonds is 3. The van der Waals surface area contributed by atoms with Gasteiger partial charge >= 0.3 is 0 Å². The van der Waals surface area contributed by atoms with Crippen molar-refractivity contribution in [2.24, 2.45) is 0 Å². The summed E-state index contributed by atoms with van der Waals surface area (Å²) in [7, 11) is 2.26. The van der Waals surface area contributed by atoms with E-state index < -0.39 is 0 Å². The summed E-state index contributed by atoms with van der Waals surface area (Å²) >= 11 is 0. The van der Waals surface area contributed by atoms with Crippen LogP contribution in [0.2, 0.25) is 0 Å². The molecule has 100 valence electrons.